The quantitative estimate of drug-likeness (QED) is 0.866. The molecule has 2 N–H and O–H groups in total. The van der Waals surface area contributed by atoms with Crippen LogP contribution in [0, 0.1) is 5.92 Å². The first kappa shape index (κ1) is 14.7. The number of aliphatic carboxylic acids is 1. The Morgan fingerprint density at radius 1 is 1.30 bits per heavy atom. The highest BCUT2D eigenvalue weighted by atomic mass is 16.5. The fourth-order valence-corrected chi connectivity index (χ4v) is 2.76. The van der Waals surface area contributed by atoms with Gasteiger partial charge in [-0.15, -0.1) is 0 Å². The van der Waals surface area contributed by atoms with Crippen LogP contribution >= 0.6 is 0 Å². The molecule has 1 unspecified atom stereocenters. The molecule has 2 bridgehead atoms. The highest BCUT2D eigenvalue weighted by Crippen LogP contribution is 2.33. The fourth-order valence-electron chi connectivity index (χ4n) is 2.76. The van der Waals surface area contributed by atoms with Crippen LogP contribution in [0.5, 0.6) is 11.5 Å². The van der Waals surface area contributed by atoms with E-state index in [1.807, 2.05) is 18.2 Å². The van der Waals surface area contributed by atoms with Gasteiger partial charge in [0.1, 0.15) is 6.10 Å². The Bertz CT molecular complexity index is 451. The van der Waals surface area contributed by atoms with Crippen molar-refractivity contribution in [3.8, 4) is 11.5 Å². The van der Waals surface area contributed by atoms with Gasteiger partial charge in [0.15, 0.2) is 11.5 Å². The van der Waals surface area contributed by atoms with Crippen molar-refractivity contribution in [2.45, 2.75) is 25.9 Å². The maximum Gasteiger partial charge on any atom is 0.300 e. The third-order valence-corrected chi connectivity index (χ3v) is 3.74. The van der Waals surface area contributed by atoms with Gasteiger partial charge in [0.25, 0.3) is 5.97 Å². The van der Waals surface area contributed by atoms with Gasteiger partial charge >= 0.3 is 0 Å². The number of fused-ring (bicyclic) bond motifs is 3. The van der Waals surface area contributed by atoms with E-state index in [1.54, 1.807) is 6.07 Å². The lowest BCUT2D eigenvalue weighted by molar-refractivity contribution is -0.134. The third kappa shape index (κ3) is 3.87. The molecule has 0 aromatic heterocycles. The van der Waals surface area contributed by atoms with Crippen LogP contribution in [0.1, 0.15) is 19.8 Å². The normalized spacial score (nSPS) is 27.4. The van der Waals surface area contributed by atoms with Crippen molar-refractivity contribution in [2.75, 3.05) is 19.6 Å². The molecule has 0 aliphatic carbocycles. The van der Waals surface area contributed by atoms with Crippen molar-refractivity contribution in [1.29, 1.82) is 0 Å². The Kier molecular flexibility index (Phi) is 4.84. The molecular formula is C15H21NO4. The molecule has 1 aromatic carbocycles. The molecule has 5 nitrogen and oxygen atoms in total. The number of ether oxygens (including phenoxy) is 1. The van der Waals surface area contributed by atoms with E-state index in [2.05, 4.69) is 4.90 Å². The molecule has 1 atom stereocenters. The monoisotopic (exact) mass is 279 g/mol. The number of carboxylic acids is 1. The van der Waals surface area contributed by atoms with E-state index in [0.29, 0.717) is 11.7 Å². The molecule has 3 fully saturated rings. The molecule has 0 amide bonds. The standard InChI is InChI=1S/C13H17NO2.C2H4O2/c15-11-3-1-2-4-12(11)16-13-9-14-7-5-10(13)6-8-14;1-2(3)4/h1-4,10,13,15H,5-9H2;1H3,(H,3,4). The Balaban J connectivity index is 0.000000328. The second-order valence-electron chi connectivity index (χ2n) is 5.28. The molecule has 110 valence electrons. The number of carbonyl (C=O) groups is 1. The van der Waals surface area contributed by atoms with Gasteiger partial charge < -0.3 is 14.9 Å². The molecule has 0 radical (unpaired) electrons. The van der Waals surface area contributed by atoms with Crippen molar-refractivity contribution in [1.82, 2.24) is 4.90 Å². The highest BCUT2D eigenvalue weighted by molar-refractivity contribution is 5.62. The predicted octanol–water partition coefficient (Wildman–Crippen LogP) is 1.96. The first-order valence-electron chi connectivity index (χ1n) is 6.93. The van der Waals surface area contributed by atoms with E-state index >= 15 is 0 Å². The van der Waals surface area contributed by atoms with Crippen LogP contribution < -0.4 is 4.74 Å². The van der Waals surface area contributed by atoms with Gasteiger partial charge in [-0.05, 0) is 44.0 Å². The number of phenolic OH excluding ortho intramolecular Hbond substituents is 1. The van der Waals surface area contributed by atoms with E-state index in [4.69, 9.17) is 14.6 Å². The molecule has 0 spiro atoms. The molecule has 20 heavy (non-hydrogen) atoms. The van der Waals surface area contributed by atoms with E-state index in [0.717, 1.165) is 13.5 Å². The minimum Gasteiger partial charge on any atom is -0.504 e. The van der Waals surface area contributed by atoms with Crippen LogP contribution in [0.15, 0.2) is 24.3 Å². The fraction of sp³-hybridized carbons (Fsp3) is 0.533. The smallest absolute Gasteiger partial charge is 0.300 e. The Morgan fingerprint density at radius 3 is 2.40 bits per heavy atom. The number of aromatic hydroxyl groups is 1. The Labute approximate surface area is 118 Å². The number of carboxylic acid groups (broad SMARTS) is 1. The van der Waals surface area contributed by atoms with Crippen molar-refractivity contribution in [3.63, 3.8) is 0 Å². The number of benzene rings is 1. The minimum absolute atomic E-state index is 0.249. The first-order valence-corrected chi connectivity index (χ1v) is 6.93. The van der Waals surface area contributed by atoms with Gasteiger partial charge in [-0.25, -0.2) is 0 Å². The van der Waals surface area contributed by atoms with Gasteiger partial charge in [0, 0.05) is 13.5 Å². The average Bonchev–Trinajstić information content (AvgIpc) is 2.42. The largest absolute Gasteiger partial charge is 0.504 e. The molecule has 5 heteroatoms. The van der Waals surface area contributed by atoms with Crippen LogP contribution in [-0.4, -0.2) is 46.8 Å². The average molecular weight is 279 g/mol. The van der Waals surface area contributed by atoms with E-state index < -0.39 is 5.97 Å². The summed E-state index contributed by atoms with van der Waals surface area (Å²) in [4.78, 5) is 11.4. The summed E-state index contributed by atoms with van der Waals surface area (Å²) in [5.41, 5.74) is 0. The van der Waals surface area contributed by atoms with Gasteiger partial charge in [0.05, 0.1) is 0 Å². The number of nitrogens with zero attached hydrogens (tertiary/aromatic N) is 1. The van der Waals surface area contributed by atoms with Crippen molar-refractivity contribution in [2.24, 2.45) is 5.92 Å². The SMILES string of the molecule is CC(=O)O.Oc1ccccc1OC1CN2CCC1CC2. The molecular weight excluding hydrogens is 258 g/mol. The maximum atomic E-state index is 9.67. The number of hydrogen-bond acceptors (Lipinski definition) is 4. The maximum absolute atomic E-state index is 9.67. The number of rotatable bonds is 2. The van der Waals surface area contributed by atoms with Crippen molar-refractivity contribution in [3.05, 3.63) is 24.3 Å². The van der Waals surface area contributed by atoms with Gasteiger partial charge in [-0.3, -0.25) is 9.69 Å². The van der Waals surface area contributed by atoms with Crippen LogP contribution in [0.25, 0.3) is 0 Å². The zero-order valence-electron chi connectivity index (χ0n) is 11.7. The lowest BCUT2D eigenvalue weighted by Gasteiger charge is -2.44. The lowest BCUT2D eigenvalue weighted by atomic mass is 9.86. The number of para-hydroxylation sites is 2. The van der Waals surface area contributed by atoms with Gasteiger partial charge in [0.2, 0.25) is 0 Å². The van der Waals surface area contributed by atoms with Gasteiger partial charge in [-0.1, -0.05) is 12.1 Å². The van der Waals surface area contributed by atoms with Gasteiger partial charge in [-0.2, -0.15) is 0 Å². The summed E-state index contributed by atoms with van der Waals surface area (Å²) in [6.07, 6.45) is 2.73. The zero-order chi connectivity index (χ0) is 14.5. The summed E-state index contributed by atoms with van der Waals surface area (Å²) in [6, 6.07) is 7.23. The Hall–Kier alpha value is -1.75. The van der Waals surface area contributed by atoms with Crippen LogP contribution in [0.4, 0.5) is 0 Å². The molecule has 3 saturated heterocycles. The predicted molar refractivity (Wildman–Crippen MR) is 75.0 cm³/mol. The van der Waals surface area contributed by atoms with E-state index in [-0.39, 0.29) is 11.9 Å². The van der Waals surface area contributed by atoms with E-state index in [9.17, 15) is 5.11 Å². The molecule has 1 aromatic rings. The summed E-state index contributed by atoms with van der Waals surface area (Å²) in [5, 5.41) is 17.1. The lowest BCUT2D eigenvalue weighted by Crippen LogP contribution is -2.52. The Morgan fingerprint density at radius 2 is 1.90 bits per heavy atom. The summed E-state index contributed by atoms with van der Waals surface area (Å²) >= 11 is 0. The zero-order valence-corrected chi connectivity index (χ0v) is 11.7. The van der Waals surface area contributed by atoms with Crippen molar-refractivity contribution < 1.29 is 19.7 Å². The second-order valence-corrected chi connectivity index (χ2v) is 5.28. The van der Waals surface area contributed by atoms with Crippen LogP contribution in [0.3, 0.4) is 0 Å². The summed E-state index contributed by atoms with van der Waals surface area (Å²) < 4.78 is 5.93. The molecule has 3 heterocycles. The molecule has 3 aliphatic heterocycles. The summed E-state index contributed by atoms with van der Waals surface area (Å²) in [6.45, 7) is 4.52. The highest BCUT2D eigenvalue weighted by Gasteiger charge is 2.35. The number of phenols is 1. The topological polar surface area (TPSA) is 70.0 Å². The second kappa shape index (κ2) is 6.61. The summed E-state index contributed by atoms with van der Waals surface area (Å²) in [7, 11) is 0. The minimum atomic E-state index is -0.833. The first-order chi connectivity index (χ1) is 9.56. The summed E-state index contributed by atoms with van der Waals surface area (Å²) in [5.74, 6) is 0.713. The van der Waals surface area contributed by atoms with Crippen molar-refractivity contribution >= 4 is 5.97 Å². The van der Waals surface area contributed by atoms with Crippen LogP contribution in [0.2, 0.25) is 0 Å². The molecule has 0 saturated carbocycles. The molecule has 4 rings (SSSR count). The number of hydrogen-bond donors (Lipinski definition) is 2. The van der Waals surface area contributed by atoms with E-state index in [1.165, 1.54) is 25.9 Å². The number of piperidine rings is 3. The molecule has 3 aliphatic rings. The van der Waals surface area contributed by atoms with Crippen LogP contribution in [-0.2, 0) is 4.79 Å². The third-order valence-electron chi connectivity index (χ3n) is 3.74.